The molecule has 0 saturated carbocycles. The lowest BCUT2D eigenvalue weighted by Crippen LogP contribution is -2.06. The van der Waals surface area contributed by atoms with Gasteiger partial charge >= 0.3 is 0 Å². The van der Waals surface area contributed by atoms with Crippen molar-refractivity contribution in [2.45, 2.75) is 13.8 Å². The number of aryl methyl sites for hydroxylation is 2. The standard InChI is InChI=1S/C18H17NO2/c1-11-8-12(2)18-16(9-11)15(10-17(20)19-18)13-4-6-14(21-3)7-5-13/h4-10H,1-3H3,(H,19,20). The predicted molar refractivity (Wildman–Crippen MR) is 86.0 cm³/mol. The molecule has 0 atom stereocenters. The van der Waals surface area contributed by atoms with Gasteiger partial charge in [0.2, 0.25) is 5.56 Å². The van der Waals surface area contributed by atoms with Crippen LogP contribution in [0.4, 0.5) is 0 Å². The lowest BCUT2D eigenvalue weighted by molar-refractivity contribution is 0.415. The maximum absolute atomic E-state index is 12.0. The van der Waals surface area contributed by atoms with Crippen LogP contribution < -0.4 is 10.3 Å². The first kappa shape index (κ1) is 13.4. The van der Waals surface area contributed by atoms with E-state index < -0.39 is 0 Å². The number of nitrogens with one attached hydrogen (secondary N) is 1. The average molecular weight is 279 g/mol. The number of methoxy groups -OCH3 is 1. The van der Waals surface area contributed by atoms with E-state index in [-0.39, 0.29) is 5.56 Å². The van der Waals surface area contributed by atoms with Crippen molar-refractivity contribution >= 4 is 10.9 Å². The van der Waals surface area contributed by atoms with Crippen LogP contribution in [0.25, 0.3) is 22.0 Å². The van der Waals surface area contributed by atoms with Gasteiger partial charge in [0, 0.05) is 11.5 Å². The van der Waals surface area contributed by atoms with Gasteiger partial charge in [-0.25, -0.2) is 0 Å². The van der Waals surface area contributed by atoms with E-state index in [0.29, 0.717) is 0 Å². The minimum Gasteiger partial charge on any atom is -0.497 e. The summed E-state index contributed by atoms with van der Waals surface area (Å²) in [5.74, 6) is 0.806. The van der Waals surface area contributed by atoms with E-state index in [1.54, 1.807) is 13.2 Å². The fraction of sp³-hybridized carbons (Fsp3) is 0.167. The molecule has 0 amide bonds. The molecule has 21 heavy (non-hydrogen) atoms. The van der Waals surface area contributed by atoms with Crippen LogP contribution in [0, 0.1) is 13.8 Å². The molecule has 0 spiro atoms. The van der Waals surface area contributed by atoms with Crippen LogP contribution in [0.3, 0.4) is 0 Å². The minimum atomic E-state index is -0.0831. The molecule has 0 aliphatic heterocycles. The molecule has 0 fully saturated rings. The lowest BCUT2D eigenvalue weighted by Gasteiger charge is -2.10. The summed E-state index contributed by atoms with van der Waals surface area (Å²) < 4.78 is 5.19. The summed E-state index contributed by atoms with van der Waals surface area (Å²) >= 11 is 0. The van der Waals surface area contributed by atoms with Crippen LogP contribution >= 0.6 is 0 Å². The van der Waals surface area contributed by atoms with Gasteiger partial charge in [-0.3, -0.25) is 4.79 Å². The average Bonchev–Trinajstić information content (AvgIpc) is 2.47. The van der Waals surface area contributed by atoms with Crippen molar-refractivity contribution in [2.75, 3.05) is 7.11 Å². The first-order valence-corrected chi connectivity index (χ1v) is 6.87. The third-order valence-corrected chi connectivity index (χ3v) is 3.69. The van der Waals surface area contributed by atoms with Gasteiger partial charge in [-0.2, -0.15) is 0 Å². The van der Waals surface area contributed by atoms with Crippen LogP contribution in [-0.2, 0) is 0 Å². The molecule has 0 bridgehead atoms. The van der Waals surface area contributed by atoms with Crippen LogP contribution in [0.15, 0.2) is 47.3 Å². The SMILES string of the molecule is COc1ccc(-c2cc(=O)[nH]c3c(C)cc(C)cc23)cc1. The first-order chi connectivity index (χ1) is 10.1. The van der Waals surface area contributed by atoms with E-state index in [9.17, 15) is 4.79 Å². The molecule has 3 aromatic rings. The second-order valence-corrected chi connectivity index (χ2v) is 5.28. The number of benzene rings is 2. The Morgan fingerprint density at radius 3 is 2.38 bits per heavy atom. The highest BCUT2D eigenvalue weighted by molar-refractivity contribution is 5.96. The molecule has 2 aromatic carbocycles. The molecule has 1 N–H and O–H groups in total. The number of aromatic amines is 1. The maximum atomic E-state index is 12.0. The fourth-order valence-electron chi connectivity index (χ4n) is 2.72. The molecule has 3 heteroatoms. The molecule has 1 heterocycles. The van der Waals surface area contributed by atoms with Crippen LogP contribution in [0.1, 0.15) is 11.1 Å². The number of hydrogen-bond donors (Lipinski definition) is 1. The van der Waals surface area contributed by atoms with Gasteiger partial charge in [-0.15, -0.1) is 0 Å². The minimum absolute atomic E-state index is 0.0831. The Labute approximate surface area is 123 Å². The van der Waals surface area contributed by atoms with Gasteiger partial charge in [-0.05, 0) is 48.7 Å². The third-order valence-electron chi connectivity index (χ3n) is 3.69. The first-order valence-electron chi connectivity index (χ1n) is 6.87. The second kappa shape index (κ2) is 5.09. The van der Waals surface area contributed by atoms with Gasteiger partial charge in [0.05, 0.1) is 12.6 Å². The predicted octanol–water partition coefficient (Wildman–Crippen LogP) is 3.82. The molecule has 0 saturated heterocycles. The van der Waals surface area contributed by atoms with Crippen molar-refractivity contribution in [1.82, 2.24) is 4.98 Å². The normalized spacial score (nSPS) is 10.8. The summed E-state index contributed by atoms with van der Waals surface area (Å²) in [6.45, 7) is 4.08. The monoisotopic (exact) mass is 279 g/mol. The zero-order valence-electron chi connectivity index (χ0n) is 12.4. The van der Waals surface area contributed by atoms with Crippen molar-refractivity contribution in [2.24, 2.45) is 0 Å². The summed E-state index contributed by atoms with van der Waals surface area (Å²) in [7, 11) is 1.64. The Morgan fingerprint density at radius 2 is 1.71 bits per heavy atom. The lowest BCUT2D eigenvalue weighted by atomic mass is 9.98. The zero-order chi connectivity index (χ0) is 15.0. The van der Waals surface area contributed by atoms with Crippen molar-refractivity contribution < 1.29 is 4.74 Å². The van der Waals surface area contributed by atoms with E-state index >= 15 is 0 Å². The van der Waals surface area contributed by atoms with Crippen LogP contribution in [0.2, 0.25) is 0 Å². The molecule has 0 radical (unpaired) electrons. The van der Waals surface area contributed by atoms with Gasteiger partial charge in [0.1, 0.15) is 5.75 Å². The van der Waals surface area contributed by atoms with Crippen molar-refractivity contribution in [3.8, 4) is 16.9 Å². The number of rotatable bonds is 2. The van der Waals surface area contributed by atoms with Gasteiger partial charge in [0.15, 0.2) is 0 Å². The van der Waals surface area contributed by atoms with Crippen molar-refractivity contribution in [1.29, 1.82) is 0 Å². The zero-order valence-corrected chi connectivity index (χ0v) is 12.4. The second-order valence-electron chi connectivity index (χ2n) is 5.28. The molecule has 106 valence electrons. The Bertz CT molecular complexity index is 861. The smallest absolute Gasteiger partial charge is 0.249 e. The van der Waals surface area contributed by atoms with Crippen molar-refractivity contribution in [3.63, 3.8) is 0 Å². The summed E-state index contributed by atoms with van der Waals surface area (Å²) in [6, 6.07) is 13.6. The Morgan fingerprint density at radius 1 is 1.00 bits per heavy atom. The number of fused-ring (bicyclic) bond motifs is 1. The van der Waals surface area contributed by atoms with E-state index in [1.807, 2.05) is 31.2 Å². The summed E-state index contributed by atoms with van der Waals surface area (Å²) in [5.41, 5.74) is 5.04. The third kappa shape index (κ3) is 2.42. The molecule has 0 aliphatic rings. The van der Waals surface area contributed by atoms with E-state index in [4.69, 9.17) is 4.74 Å². The number of ether oxygens (including phenoxy) is 1. The summed E-state index contributed by atoms with van der Waals surface area (Å²) in [5, 5.41) is 1.07. The number of pyridine rings is 1. The number of aromatic nitrogens is 1. The summed E-state index contributed by atoms with van der Waals surface area (Å²) in [4.78, 5) is 14.9. The quantitative estimate of drug-likeness (QED) is 0.775. The molecular formula is C18H17NO2. The largest absolute Gasteiger partial charge is 0.497 e. The maximum Gasteiger partial charge on any atom is 0.249 e. The topological polar surface area (TPSA) is 42.1 Å². The van der Waals surface area contributed by atoms with E-state index in [1.165, 1.54) is 5.56 Å². The Hall–Kier alpha value is -2.55. The summed E-state index contributed by atoms with van der Waals surface area (Å²) in [6.07, 6.45) is 0. The van der Waals surface area contributed by atoms with Crippen molar-refractivity contribution in [3.05, 3.63) is 63.9 Å². The van der Waals surface area contributed by atoms with Crippen LogP contribution in [-0.4, -0.2) is 12.1 Å². The molecule has 0 aliphatic carbocycles. The molecule has 3 nitrogen and oxygen atoms in total. The van der Waals surface area contributed by atoms with Gasteiger partial charge in [0.25, 0.3) is 0 Å². The van der Waals surface area contributed by atoms with Crippen LogP contribution in [0.5, 0.6) is 5.75 Å². The molecule has 0 unspecified atom stereocenters. The highest BCUT2D eigenvalue weighted by Crippen LogP contribution is 2.29. The highest BCUT2D eigenvalue weighted by Gasteiger charge is 2.08. The fourth-order valence-corrected chi connectivity index (χ4v) is 2.72. The highest BCUT2D eigenvalue weighted by atomic mass is 16.5. The van der Waals surface area contributed by atoms with E-state index in [2.05, 4.69) is 24.0 Å². The number of hydrogen-bond acceptors (Lipinski definition) is 2. The van der Waals surface area contributed by atoms with Gasteiger partial charge < -0.3 is 9.72 Å². The van der Waals surface area contributed by atoms with Gasteiger partial charge in [-0.1, -0.05) is 23.8 Å². The number of H-pyrrole nitrogens is 1. The Balaban J connectivity index is 2.32. The molecule has 3 rings (SSSR count). The molecule has 1 aromatic heterocycles. The van der Waals surface area contributed by atoms with E-state index in [0.717, 1.165) is 33.3 Å². The molecular weight excluding hydrogens is 262 g/mol. The Kier molecular flexibility index (Phi) is 3.26.